The molecule has 5 nitrogen and oxygen atoms in total. The highest BCUT2D eigenvalue weighted by atomic mass is 16.6. The fraction of sp³-hybridized carbons (Fsp3) is 0.579. The quantitative estimate of drug-likeness (QED) is 0.858. The number of nitrogens with one attached hydrogen (secondary N) is 1. The predicted octanol–water partition coefficient (Wildman–Crippen LogP) is 3.47. The molecule has 0 aromatic heterocycles. The molecule has 1 saturated heterocycles. The third-order valence-electron chi connectivity index (χ3n) is 4.96. The first-order valence-corrected chi connectivity index (χ1v) is 8.68. The summed E-state index contributed by atoms with van der Waals surface area (Å²) in [6, 6.07) is 6.21. The van der Waals surface area contributed by atoms with Crippen molar-refractivity contribution < 1.29 is 14.3 Å². The molecule has 0 atom stereocenters. The van der Waals surface area contributed by atoms with E-state index in [2.05, 4.69) is 24.4 Å². The minimum Gasteiger partial charge on any atom is -0.444 e. The van der Waals surface area contributed by atoms with Gasteiger partial charge in [-0.2, -0.15) is 0 Å². The van der Waals surface area contributed by atoms with Gasteiger partial charge >= 0.3 is 6.09 Å². The van der Waals surface area contributed by atoms with Crippen molar-refractivity contribution in [3.05, 3.63) is 29.3 Å². The largest absolute Gasteiger partial charge is 0.444 e. The summed E-state index contributed by atoms with van der Waals surface area (Å²) in [6.07, 6.45) is 1.93. The highest BCUT2D eigenvalue weighted by Crippen LogP contribution is 2.45. The van der Waals surface area contributed by atoms with E-state index in [0.29, 0.717) is 25.9 Å². The maximum absolute atomic E-state index is 12.7. The number of amides is 2. The second kappa shape index (κ2) is 5.80. The van der Waals surface area contributed by atoms with Gasteiger partial charge in [0.05, 0.1) is 5.41 Å². The van der Waals surface area contributed by atoms with Crippen molar-refractivity contribution in [3.8, 4) is 0 Å². The molecule has 1 fully saturated rings. The number of carbonyl (C=O) groups is 2. The molecule has 2 aliphatic heterocycles. The highest BCUT2D eigenvalue weighted by molar-refractivity contribution is 6.06. The molecule has 0 saturated carbocycles. The summed E-state index contributed by atoms with van der Waals surface area (Å²) in [5.74, 6) is 0.0644. The SMILES string of the molecule is CCc1ccc2c(c1)C1(CCN(C(=O)OC(C)(C)C)CC1)C(=O)N2. The fourth-order valence-corrected chi connectivity index (χ4v) is 3.57. The van der Waals surface area contributed by atoms with Crippen LogP contribution in [0.1, 0.15) is 51.7 Å². The first-order chi connectivity index (χ1) is 11.2. The van der Waals surface area contributed by atoms with Crippen molar-refractivity contribution in [1.82, 2.24) is 4.90 Å². The first kappa shape index (κ1) is 16.8. The van der Waals surface area contributed by atoms with Gasteiger partial charge in [-0.15, -0.1) is 0 Å². The molecular weight excluding hydrogens is 304 g/mol. The normalized spacial score (nSPS) is 19.2. The monoisotopic (exact) mass is 330 g/mol. The molecule has 5 heteroatoms. The summed E-state index contributed by atoms with van der Waals surface area (Å²) >= 11 is 0. The zero-order chi connectivity index (χ0) is 17.5. The fourth-order valence-electron chi connectivity index (χ4n) is 3.57. The van der Waals surface area contributed by atoms with Crippen molar-refractivity contribution in [2.75, 3.05) is 18.4 Å². The lowest BCUT2D eigenvalue weighted by Gasteiger charge is -2.38. The summed E-state index contributed by atoms with van der Waals surface area (Å²) in [5, 5.41) is 3.02. The van der Waals surface area contributed by atoms with Gasteiger partial charge in [0.2, 0.25) is 5.91 Å². The Morgan fingerprint density at radius 1 is 1.29 bits per heavy atom. The highest BCUT2D eigenvalue weighted by Gasteiger charge is 2.49. The number of benzene rings is 1. The Hall–Kier alpha value is -2.04. The lowest BCUT2D eigenvalue weighted by molar-refractivity contribution is -0.122. The summed E-state index contributed by atoms with van der Waals surface area (Å²) in [7, 11) is 0. The molecule has 2 heterocycles. The van der Waals surface area contributed by atoms with Crippen molar-refractivity contribution in [1.29, 1.82) is 0 Å². The van der Waals surface area contributed by atoms with E-state index in [9.17, 15) is 9.59 Å². The van der Waals surface area contributed by atoms with E-state index >= 15 is 0 Å². The van der Waals surface area contributed by atoms with E-state index in [1.807, 2.05) is 26.8 Å². The van der Waals surface area contributed by atoms with Gasteiger partial charge < -0.3 is 15.0 Å². The smallest absolute Gasteiger partial charge is 0.410 e. The molecule has 2 amide bonds. The van der Waals surface area contributed by atoms with Crippen LogP contribution in [0.4, 0.5) is 10.5 Å². The number of nitrogens with zero attached hydrogens (tertiary/aromatic N) is 1. The third-order valence-corrected chi connectivity index (χ3v) is 4.96. The minimum absolute atomic E-state index is 0.0644. The molecule has 0 aliphatic carbocycles. The van der Waals surface area contributed by atoms with E-state index in [-0.39, 0.29) is 12.0 Å². The van der Waals surface area contributed by atoms with E-state index in [1.54, 1.807) is 4.90 Å². The van der Waals surface area contributed by atoms with Gasteiger partial charge in [-0.1, -0.05) is 19.1 Å². The number of carbonyl (C=O) groups excluding carboxylic acids is 2. The topological polar surface area (TPSA) is 58.6 Å². The van der Waals surface area contributed by atoms with Gasteiger partial charge in [-0.3, -0.25) is 4.79 Å². The molecule has 0 unspecified atom stereocenters. The van der Waals surface area contributed by atoms with Gasteiger partial charge in [-0.05, 0) is 57.2 Å². The lowest BCUT2D eigenvalue weighted by Crippen LogP contribution is -2.49. The minimum atomic E-state index is -0.501. The van der Waals surface area contributed by atoms with Gasteiger partial charge in [-0.25, -0.2) is 4.79 Å². The summed E-state index contributed by atoms with van der Waals surface area (Å²) < 4.78 is 5.45. The summed E-state index contributed by atoms with van der Waals surface area (Å²) in [4.78, 5) is 26.6. The molecule has 130 valence electrons. The molecule has 3 rings (SSSR count). The van der Waals surface area contributed by atoms with Crippen molar-refractivity contribution in [2.24, 2.45) is 0 Å². The molecule has 24 heavy (non-hydrogen) atoms. The number of aryl methyl sites for hydroxylation is 1. The van der Waals surface area contributed by atoms with Gasteiger partial charge in [0.25, 0.3) is 0 Å². The predicted molar refractivity (Wildman–Crippen MR) is 93.2 cm³/mol. The number of anilines is 1. The Bertz CT molecular complexity index is 668. The number of ether oxygens (including phenoxy) is 1. The van der Waals surface area contributed by atoms with Crippen LogP contribution in [0.5, 0.6) is 0 Å². The van der Waals surface area contributed by atoms with Crippen LogP contribution in [0, 0.1) is 0 Å². The Balaban J connectivity index is 1.79. The molecule has 1 aromatic rings. The number of fused-ring (bicyclic) bond motifs is 2. The molecular formula is C19H26N2O3. The van der Waals surface area contributed by atoms with E-state index in [1.165, 1.54) is 5.56 Å². The Kier molecular flexibility index (Phi) is 4.06. The van der Waals surface area contributed by atoms with Crippen molar-refractivity contribution in [3.63, 3.8) is 0 Å². The van der Waals surface area contributed by atoms with Crippen LogP contribution in [0.2, 0.25) is 0 Å². The Morgan fingerprint density at radius 2 is 1.96 bits per heavy atom. The molecule has 0 radical (unpaired) electrons. The number of hydrogen-bond acceptors (Lipinski definition) is 3. The number of rotatable bonds is 1. The standard InChI is InChI=1S/C19H26N2O3/c1-5-13-6-7-15-14(12-13)19(16(22)20-15)8-10-21(11-9-19)17(23)24-18(2,3)4/h6-7,12H,5,8-11H2,1-4H3,(H,20,22). The van der Waals surface area contributed by atoms with Crippen LogP contribution >= 0.6 is 0 Å². The first-order valence-electron chi connectivity index (χ1n) is 8.68. The number of likely N-dealkylation sites (tertiary alicyclic amines) is 1. The second-order valence-electron chi connectivity index (χ2n) is 7.74. The molecule has 0 bridgehead atoms. The van der Waals surface area contributed by atoms with Gasteiger partial charge in [0, 0.05) is 18.8 Å². The summed E-state index contributed by atoms with van der Waals surface area (Å²) in [5.41, 5.74) is 2.25. The zero-order valence-electron chi connectivity index (χ0n) is 14.9. The average molecular weight is 330 g/mol. The van der Waals surface area contributed by atoms with Gasteiger partial charge in [0.1, 0.15) is 5.60 Å². The van der Waals surface area contributed by atoms with Crippen LogP contribution in [0.3, 0.4) is 0 Å². The van der Waals surface area contributed by atoms with E-state index in [0.717, 1.165) is 17.7 Å². The molecule has 1 N–H and O–H groups in total. The van der Waals surface area contributed by atoms with E-state index < -0.39 is 11.0 Å². The second-order valence-corrected chi connectivity index (χ2v) is 7.74. The van der Waals surface area contributed by atoms with E-state index in [4.69, 9.17) is 4.74 Å². The van der Waals surface area contributed by atoms with Gasteiger partial charge in [0.15, 0.2) is 0 Å². The lowest BCUT2D eigenvalue weighted by atomic mass is 9.73. The maximum Gasteiger partial charge on any atom is 0.410 e. The van der Waals surface area contributed by atoms with Crippen LogP contribution in [0.15, 0.2) is 18.2 Å². The Labute approximate surface area is 143 Å². The average Bonchev–Trinajstić information content (AvgIpc) is 2.78. The van der Waals surface area contributed by atoms with Crippen molar-refractivity contribution in [2.45, 2.75) is 58.0 Å². The molecule has 1 spiro atoms. The van der Waals surface area contributed by atoms with Crippen LogP contribution in [-0.4, -0.2) is 35.6 Å². The Morgan fingerprint density at radius 3 is 2.54 bits per heavy atom. The van der Waals surface area contributed by atoms with Crippen LogP contribution in [0.25, 0.3) is 0 Å². The molecule has 2 aliphatic rings. The number of piperidine rings is 1. The number of hydrogen-bond donors (Lipinski definition) is 1. The zero-order valence-corrected chi connectivity index (χ0v) is 14.9. The van der Waals surface area contributed by atoms with Crippen LogP contribution < -0.4 is 5.32 Å². The van der Waals surface area contributed by atoms with Crippen LogP contribution in [-0.2, 0) is 21.4 Å². The summed E-state index contributed by atoms with van der Waals surface area (Å²) in [6.45, 7) is 8.79. The van der Waals surface area contributed by atoms with Crippen molar-refractivity contribution >= 4 is 17.7 Å². The third kappa shape index (κ3) is 2.87. The molecule has 1 aromatic carbocycles. The maximum atomic E-state index is 12.7.